The first-order valence-corrected chi connectivity index (χ1v) is 9.19. The van der Waals surface area contributed by atoms with Crippen LogP contribution in [0.1, 0.15) is 39.5 Å². The predicted molar refractivity (Wildman–Crippen MR) is 101 cm³/mol. The fourth-order valence-electron chi connectivity index (χ4n) is 2.38. The van der Waals surface area contributed by atoms with Gasteiger partial charge in [0.1, 0.15) is 18.1 Å². The number of hydrogen-bond donors (Lipinski definition) is 7. The molecule has 0 spiro atoms. The highest BCUT2D eigenvalue weighted by atomic mass is 16.4. The fraction of sp³-hybridized carbons (Fsp3) is 0.647. The summed E-state index contributed by atoms with van der Waals surface area (Å²) < 4.78 is 0. The molecular weight excluding hydrogens is 404 g/mol. The molecule has 0 saturated heterocycles. The molecule has 13 heteroatoms. The summed E-state index contributed by atoms with van der Waals surface area (Å²) in [5.74, 6) is -7.17. The molecule has 0 aliphatic rings. The van der Waals surface area contributed by atoms with Gasteiger partial charge in [-0.15, -0.1) is 0 Å². The van der Waals surface area contributed by atoms with Crippen LogP contribution >= 0.6 is 0 Å². The predicted octanol–water partition coefficient (Wildman–Crippen LogP) is -2.13. The summed E-state index contributed by atoms with van der Waals surface area (Å²) in [6.45, 7) is 2.83. The van der Waals surface area contributed by atoms with Gasteiger partial charge in [-0.1, -0.05) is 20.3 Å². The van der Waals surface area contributed by atoms with Crippen molar-refractivity contribution in [2.45, 2.75) is 57.7 Å². The first-order valence-electron chi connectivity index (χ1n) is 9.19. The minimum absolute atomic E-state index is 0.369. The van der Waals surface area contributed by atoms with Crippen LogP contribution in [0.2, 0.25) is 0 Å². The topological polar surface area (TPSA) is 225 Å². The molecule has 170 valence electrons. The number of carbonyl (C=O) groups excluding carboxylic acids is 3. The highest BCUT2D eigenvalue weighted by molar-refractivity contribution is 5.95. The van der Waals surface area contributed by atoms with Crippen LogP contribution in [0.4, 0.5) is 0 Å². The molecule has 0 rings (SSSR count). The minimum atomic E-state index is -1.50. The summed E-state index contributed by atoms with van der Waals surface area (Å²) in [5, 5.41) is 33.5. The molecule has 0 saturated carbocycles. The van der Waals surface area contributed by atoms with Gasteiger partial charge < -0.3 is 37.0 Å². The SMILES string of the molecule is CCC(C)C(NC(=O)C(CC(=O)O)NC(=O)CN)C(=O)NC(CCC(=O)O)C(=O)O. The van der Waals surface area contributed by atoms with E-state index in [2.05, 4.69) is 16.0 Å². The number of nitrogens with two attached hydrogens (primary N) is 1. The average molecular weight is 432 g/mol. The lowest BCUT2D eigenvalue weighted by atomic mass is 9.97. The lowest BCUT2D eigenvalue weighted by molar-refractivity contribution is -0.144. The Morgan fingerprint density at radius 3 is 1.90 bits per heavy atom. The number of carbonyl (C=O) groups is 6. The third-order valence-electron chi connectivity index (χ3n) is 4.27. The van der Waals surface area contributed by atoms with Gasteiger partial charge in [0.15, 0.2) is 0 Å². The molecule has 0 fully saturated rings. The van der Waals surface area contributed by atoms with E-state index in [4.69, 9.17) is 15.9 Å². The van der Waals surface area contributed by atoms with Crippen molar-refractivity contribution in [2.75, 3.05) is 6.54 Å². The summed E-state index contributed by atoms with van der Waals surface area (Å²) in [4.78, 5) is 69.5. The third kappa shape index (κ3) is 9.82. The monoisotopic (exact) mass is 432 g/mol. The Bertz CT molecular complexity index is 668. The van der Waals surface area contributed by atoms with Gasteiger partial charge in [-0.05, 0) is 12.3 Å². The Morgan fingerprint density at radius 2 is 1.47 bits per heavy atom. The quantitative estimate of drug-likeness (QED) is 0.158. The largest absolute Gasteiger partial charge is 0.481 e. The van der Waals surface area contributed by atoms with Gasteiger partial charge in [-0.2, -0.15) is 0 Å². The van der Waals surface area contributed by atoms with E-state index in [-0.39, 0.29) is 6.42 Å². The molecule has 3 amide bonds. The van der Waals surface area contributed by atoms with E-state index in [9.17, 15) is 33.9 Å². The van der Waals surface area contributed by atoms with Gasteiger partial charge in [0, 0.05) is 6.42 Å². The summed E-state index contributed by atoms with van der Waals surface area (Å²) in [6.07, 6.45) is -1.23. The van der Waals surface area contributed by atoms with Gasteiger partial charge in [0.25, 0.3) is 0 Å². The summed E-state index contributed by atoms with van der Waals surface area (Å²) in [6, 6.07) is -4.25. The van der Waals surface area contributed by atoms with Crippen molar-refractivity contribution in [1.82, 2.24) is 16.0 Å². The van der Waals surface area contributed by atoms with Gasteiger partial charge >= 0.3 is 17.9 Å². The maximum Gasteiger partial charge on any atom is 0.326 e. The van der Waals surface area contributed by atoms with Gasteiger partial charge in [-0.3, -0.25) is 24.0 Å². The van der Waals surface area contributed by atoms with Gasteiger partial charge in [0.05, 0.1) is 13.0 Å². The van der Waals surface area contributed by atoms with E-state index in [1.54, 1.807) is 13.8 Å². The zero-order valence-electron chi connectivity index (χ0n) is 16.7. The molecule has 30 heavy (non-hydrogen) atoms. The standard InChI is InChI=1S/C17H28N4O9/c1-3-8(2)14(16(28)20-9(17(29)30)4-5-12(23)24)21-15(27)10(6-13(25)26)19-11(22)7-18/h8-10,14H,3-7,18H2,1-2H3,(H,19,22)(H,20,28)(H,21,27)(H,23,24)(H,25,26)(H,29,30). The van der Waals surface area contributed by atoms with Crippen molar-refractivity contribution in [3.63, 3.8) is 0 Å². The number of carboxylic acids is 3. The van der Waals surface area contributed by atoms with Crippen molar-refractivity contribution in [3.8, 4) is 0 Å². The molecule has 0 aromatic heterocycles. The second-order valence-corrected chi connectivity index (χ2v) is 6.63. The third-order valence-corrected chi connectivity index (χ3v) is 4.27. The van der Waals surface area contributed by atoms with E-state index in [0.29, 0.717) is 6.42 Å². The zero-order valence-corrected chi connectivity index (χ0v) is 16.7. The van der Waals surface area contributed by atoms with Crippen LogP contribution in [0.5, 0.6) is 0 Å². The van der Waals surface area contributed by atoms with E-state index in [1.165, 1.54) is 0 Å². The summed E-state index contributed by atoms with van der Waals surface area (Å²) >= 11 is 0. The summed E-state index contributed by atoms with van der Waals surface area (Å²) in [5.41, 5.74) is 5.15. The first kappa shape index (κ1) is 26.8. The summed E-state index contributed by atoms with van der Waals surface area (Å²) in [7, 11) is 0. The van der Waals surface area contributed by atoms with E-state index in [1.807, 2.05) is 0 Å². The Balaban J connectivity index is 5.44. The zero-order chi connectivity index (χ0) is 23.4. The number of rotatable bonds is 14. The number of aliphatic carboxylic acids is 3. The molecule has 0 heterocycles. The smallest absolute Gasteiger partial charge is 0.326 e. The highest BCUT2D eigenvalue weighted by Gasteiger charge is 2.33. The van der Waals surface area contributed by atoms with E-state index in [0.717, 1.165) is 0 Å². The molecule has 0 aliphatic heterocycles. The molecular formula is C17H28N4O9. The molecule has 0 aromatic rings. The molecule has 4 unspecified atom stereocenters. The second-order valence-electron chi connectivity index (χ2n) is 6.63. The molecule has 4 atom stereocenters. The van der Waals surface area contributed by atoms with Gasteiger partial charge in [-0.25, -0.2) is 4.79 Å². The number of amides is 3. The van der Waals surface area contributed by atoms with Gasteiger partial charge in [0.2, 0.25) is 17.7 Å². The maximum absolute atomic E-state index is 12.6. The molecule has 8 N–H and O–H groups in total. The molecule has 0 aliphatic carbocycles. The normalized spacial score (nSPS) is 14.5. The Labute approximate surface area is 172 Å². The van der Waals surface area contributed by atoms with Crippen molar-refractivity contribution in [2.24, 2.45) is 11.7 Å². The van der Waals surface area contributed by atoms with Crippen LogP contribution in [0.25, 0.3) is 0 Å². The lowest BCUT2D eigenvalue weighted by Gasteiger charge is -2.27. The van der Waals surface area contributed by atoms with E-state index >= 15 is 0 Å². The Kier molecular flexibility index (Phi) is 11.7. The van der Waals surface area contributed by atoms with Crippen LogP contribution in [0, 0.1) is 5.92 Å². The maximum atomic E-state index is 12.6. The van der Waals surface area contributed by atoms with Crippen molar-refractivity contribution >= 4 is 35.6 Å². The molecule has 0 radical (unpaired) electrons. The van der Waals surface area contributed by atoms with Crippen LogP contribution in [0.3, 0.4) is 0 Å². The van der Waals surface area contributed by atoms with Crippen molar-refractivity contribution in [3.05, 3.63) is 0 Å². The fourth-order valence-corrected chi connectivity index (χ4v) is 2.38. The lowest BCUT2D eigenvalue weighted by Crippen LogP contribution is -2.58. The van der Waals surface area contributed by atoms with Crippen molar-refractivity contribution < 1.29 is 44.1 Å². The van der Waals surface area contributed by atoms with Crippen LogP contribution in [-0.4, -0.2) is 75.6 Å². The van der Waals surface area contributed by atoms with Crippen LogP contribution < -0.4 is 21.7 Å². The number of nitrogens with one attached hydrogen (secondary N) is 3. The first-order chi connectivity index (χ1) is 13.9. The molecule has 0 bridgehead atoms. The average Bonchev–Trinajstić information content (AvgIpc) is 2.66. The second kappa shape index (κ2) is 13.1. The van der Waals surface area contributed by atoms with Crippen molar-refractivity contribution in [1.29, 1.82) is 0 Å². The highest BCUT2D eigenvalue weighted by Crippen LogP contribution is 2.10. The van der Waals surface area contributed by atoms with Crippen LogP contribution in [0.15, 0.2) is 0 Å². The molecule has 13 nitrogen and oxygen atoms in total. The number of hydrogen-bond acceptors (Lipinski definition) is 7. The van der Waals surface area contributed by atoms with E-state index < -0.39 is 79.1 Å². The minimum Gasteiger partial charge on any atom is -0.481 e. The van der Waals surface area contributed by atoms with Crippen LogP contribution in [-0.2, 0) is 28.8 Å². The Hall–Kier alpha value is -3.22. The Morgan fingerprint density at radius 1 is 0.867 bits per heavy atom. The number of carboxylic acid groups (broad SMARTS) is 3. The molecule has 0 aromatic carbocycles.